The summed E-state index contributed by atoms with van der Waals surface area (Å²) in [6.45, 7) is 7.67. The summed E-state index contributed by atoms with van der Waals surface area (Å²) in [6.07, 6.45) is 2.02. The fraction of sp³-hybridized carbons (Fsp3) is 0.417. The second-order valence-corrected chi connectivity index (χ2v) is 4.67. The van der Waals surface area contributed by atoms with Crippen LogP contribution < -0.4 is 0 Å². The molecule has 0 amide bonds. The molecule has 0 radical (unpaired) electrons. The average molecular weight is 256 g/mol. The first kappa shape index (κ1) is 13.3. The fourth-order valence-electron chi connectivity index (χ4n) is 1.31. The number of thiol groups is 1. The molecule has 0 saturated carbocycles. The molecule has 1 aromatic rings. The van der Waals surface area contributed by atoms with E-state index < -0.39 is 0 Å². The van der Waals surface area contributed by atoms with Gasteiger partial charge in [-0.3, -0.25) is 0 Å². The van der Waals surface area contributed by atoms with E-state index in [0.29, 0.717) is 0 Å². The number of hydrogen-bond donors (Lipinski definition) is 1. The molecule has 4 heteroatoms. The van der Waals surface area contributed by atoms with Crippen LogP contribution in [0.4, 0.5) is 0 Å². The Balaban J connectivity index is 0.000000160. The first-order chi connectivity index (χ1) is 7.40. The number of hydrogen-bond acceptors (Lipinski definition) is 4. The van der Waals surface area contributed by atoms with E-state index in [-0.39, 0.29) is 6.10 Å². The summed E-state index contributed by atoms with van der Waals surface area (Å²) in [7, 11) is 0. The molecule has 0 aliphatic carbocycles. The number of aryl methyl sites for hydroxylation is 2. The highest BCUT2D eigenvalue weighted by molar-refractivity contribution is 7.81. The Kier molecular flexibility index (Phi) is 4.62. The van der Waals surface area contributed by atoms with Crippen molar-refractivity contribution in [1.82, 2.24) is 0 Å². The summed E-state index contributed by atoms with van der Waals surface area (Å²) in [4.78, 5) is 1.84. The van der Waals surface area contributed by atoms with Crippen LogP contribution in [0.5, 0.6) is 0 Å². The van der Waals surface area contributed by atoms with Crippen LogP contribution in [-0.4, -0.2) is 11.0 Å². The molecule has 0 fully saturated rings. The van der Waals surface area contributed by atoms with Gasteiger partial charge in [-0.05, 0) is 39.8 Å². The highest BCUT2D eigenvalue weighted by Crippen LogP contribution is 2.16. The molecule has 0 N–H and O–H groups in total. The third kappa shape index (κ3) is 3.68. The van der Waals surface area contributed by atoms with Gasteiger partial charge in [0.25, 0.3) is 0 Å². The summed E-state index contributed by atoms with van der Waals surface area (Å²) in [6, 6.07) is 1.90. The molecule has 1 unspecified atom stereocenters. The summed E-state index contributed by atoms with van der Waals surface area (Å²) in [5.74, 6) is 2.75. The highest BCUT2D eigenvalue weighted by atomic mass is 32.1. The van der Waals surface area contributed by atoms with E-state index in [1.54, 1.807) is 0 Å². The topological polar surface area (TPSA) is 22.4 Å². The van der Waals surface area contributed by atoms with Crippen LogP contribution in [0.1, 0.15) is 25.4 Å². The zero-order valence-corrected chi connectivity index (χ0v) is 11.6. The van der Waals surface area contributed by atoms with Gasteiger partial charge in [0.15, 0.2) is 0 Å². The molecule has 88 valence electrons. The molecular weight excluding hydrogens is 240 g/mol. The number of furan rings is 1. The third-order valence-corrected chi connectivity index (χ3v) is 3.02. The Hall–Kier alpha value is -0.740. The van der Waals surface area contributed by atoms with Crippen molar-refractivity contribution in [3.8, 4) is 0 Å². The molecule has 2 nitrogen and oxygen atoms in total. The van der Waals surface area contributed by atoms with Gasteiger partial charge in [0.05, 0.1) is 10.6 Å². The molecule has 2 rings (SSSR count). The highest BCUT2D eigenvalue weighted by Gasteiger charge is 2.14. The van der Waals surface area contributed by atoms with Gasteiger partial charge < -0.3 is 9.15 Å². The van der Waals surface area contributed by atoms with Crippen LogP contribution in [0.3, 0.4) is 0 Å². The summed E-state index contributed by atoms with van der Waals surface area (Å²) in [5, 5.41) is 0. The predicted molar refractivity (Wildman–Crippen MR) is 72.3 cm³/mol. The van der Waals surface area contributed by atoms with Gasteiger partial charge in [-0.1, -0.05) is 12.2 Å². The minimum absolute atomic E-state index is 0.130. The summed E-state index contributed by atoms with van der Waals surface area (Å²) < 4.78 is 10.3. The molecule has 1 aliphatic heterocycles. The fourth-order valence-corrected chi connectivity index (χ4v) is 1.75. The maximum Gasteiger partial charge on any atom is 0.130 e. The predicted octanol–water partition coefficient (Wildman–Crippen LogP) is 3.86. The lowest BCUT2D eigenvalue weighted by atomic mass is 10.3. The Labute approximate surface area is 107 Å². The second-order valence-electron chi connectivity index (χ2n) is 3.72. The number of rotatable bonds is 0. The normalized spacial score (nSPS) is 18.7. The van der Waals surface area contributed by atoms with Crippen molar-refractivity contribution in [1.29, 1.82) is 0 Å². The van der Waals surface area contributed by atoms with E-state index in [4.69, 9.17) is 21.4 Å². The van der Waals surface area contributed by atoms with Crippen molar-refractivity contribution < 1.29 is 9.15 Å². The quantitative estimate of drug-likeness (QED) is 0.563. The van der Waals surface area contributed by atoms with Crippen molar-refractivity contribution in [3.05, 3.63) is 29.4 Å². The van der Waals surface area contributed by atoms with E-state index >= 15 is 0 Å². The van der Waals surface area contributed by atoms with Crippen molar-refractivity contribution in [2.75, 3.05) is 0 Å². The summed E-state index contributed by atoms with van der Waals surface area (Å²) in [5.41, 5.74) is 0. The molecule has 1 atom stereocenters. The van der Waals surface area contributed by atoms with Crippen LogP contribution in [0.15, 0.2) is 27.2 Å². The molecule has 0 spiro atoms. The van der Waals surface area contributed by atoms with E-state index in [0.717, 1.165) is 27.0 Å². The molecule has 16 heavy (non-hydrogen) atoms. The standard InChI is InChI=1S/2C6H8OS/c2*1-4-3-6(8)5(2)7-4/h3,8H,1-2H3;3,5H,1-2H3. The lowest BCUT2D eigenvalue weighted by molar-refractivity contribution is 0.202. The maximum absolute atomic E-state index is 5.19. The Morgan fingerprint density at radius 1 is 1.31 bits per heavy atom. The maximum atomic E-state index is 5.19. The van der Waals surface area contributed by atoms with Crippen molar-refractivity contribution in [2.45, 2.75) is 38.7 Å². The average Bonchev–Trinajstić information content (AvgIpc) is 2.58. The van der Waals surface area contributed by atoms with Crippen LogP contribution in [0.25, 0.3) is 0 Å². The Bertz CT molecular complexity index is 399. The summed E-state index contributed by atoms with van der Waals surface area (Å²) >= 11 is 9.04. The number of thiocarbonyl (C=S) groups is 1. The van der Waals surface area contributed by atoms with Gasteiger partial charge in [0.1, 0.15) is 17.6 Å². The minimum Gasteiger partial charge on any atom is -0.490 e. The van der Waals surface area contributed by atoms with E-state index in [9.17, 15) is 0 Å². The SMILES string of the molecule is CC1=CC(=S)C(C)O1.Cc1cc(S)c(C)o1. The minimum atomic E-state index is 0.130. The van der Waals surface area contributed by atoms with Gasteiger partial charge in [0, 0.05) is 4.90 Å². The van der Waals surface area contributed by atoms with Crippen LogP contribution >= 0.6 is 24.8 Å². The van der Waals surface area contributed by atoms with E-state index in [1.807, 2.05) is 39.8 Å². The van der Waals surface area contributed by atoms with Crippen molar-refractivity contribution >= 4 is 29.7 Å². The number of ether oxygens (including phenoxy) is 1. The Morgan fingerprint density at radius 2 is 1.94 bits per heavy atom. The smallest absolute Gasteiger partial charge is 0.130 e. The molecule has 1 aromatic heterocycles. The van der Waals surface area contributed by atoms with Gasteiger partial charge in [-0.25, -0.2) is 0 Å². The third-order valence-electron chi connectivity index (χ3n) is 2.12. The monoisotopic (exact) mass is 256 g/mol. The first-order valence-corrected chi connectivity index (χ1v) is 5.90. The van der Waals surface area contributed by atoms with Crippen molar-refractivity contribution in [2.24, 2.45) is 0 Å². The van der Waals surface area contributed by atoms with Crippen LogP contribution in [-0.2, 0) is 4.74 Å². The molecule has 0 saturated heterocycles. The van der Waals surface area contributed by atoms with Crippen LogP contribution in [0.2, 0.25) is 0 Å². The first-order valence-electron chi connectivity index (χ1n) is 5.05. The molecule has 0 aromatic carbocycles. The van der Waals surface area contributed by atoms with E-state index in [1.165, 1.54) is 0 Å². The number of allylic oxidation sites excluding steroid dienone is 1. The lowest BCUT2D eigenvalue weighted by Gasteiger charge is -2.02. The zero-order chi connectivity index (χ0) is 12.3. The van der Waals surface area contributed by atoms with Gasteiger partial charge in [-0.15, -0.1) is 12.6 Å². The molecule has 0 bridgehead atoms. The largest absolute Gasteiger partial charge is 0.490 e. The van der Waals surface area contributed by atoms with E-state index in [2.05, 4.69) is 12.6 Å². The van der Waals surface area contributed by atoms with Crippen LogP contribution in [0, 0.1) is 13.8 Å². The van der Waals surface area contributed by atoms with Gasteiger partial charge >= 0.3 is 0 Å². The second kappa shape index (κ2) is 5.55. The molecule has 1 aliphatic rings. The van der Waals surface area contributed by atoms with Gasteiger partial charge in [0.2, 0.25) is 0 Å². The Morgan fingerprint density at radius 3 is 2.06 bits per heavy atom. The molecule has 2 heterocycles. The lowest BCUT2D eigenvalue weighted by Crippen LogP contribution is -2.07. The van der Waals surface area contributed by atoms with Gasteiger partial charge in [-0.2, -0.15) is 0 Å². The molecular formula is C12H16O2S2. The van der Waals surface area contributed by atoms with Crippen molar-refractivity contribution in [3.63, 3.8) is 0 Å². The zero-order valence-electron chi connectivity index (χ0n) is 9.90.